The molecule has 1 aromatic heterocycles. The summed E-state index contributed by atoms with van der Waals surface area (Å²) in [6.07, 6.45) is -1.08. The van der Waals surface area contributed by atoms with Gasteiger partial charge in [-0.2, -0.15) is 5.10 Å². The molecule has 0 radical (unpaired) electrons. The van der Waals surface area contributed by atoms with Crippen molar-refractivity contribution in [1.29, 1.82) is 0 Å². The maximum atomic E-state index is 13.7. The molecule has 3 rings (SSSR count). The Labute approximate surface area is 168 Å². The van der Waals surface area contributed by atoms with Crippen LogP contribution in [0.4, 0.5) is 10.1 Å². The van der Waals surface area contributed by atoms with Gasteiger partial charge in [-0.05, 0) is 45.0 Å². The molecule has 0 bridgehead atoms. The van der Waals surface area contributed by atoms with Crippen molar-refractivity contribution >= 4 is 17.6 Å². The van der Waals surface area contributed by atoms with Crippen molar-refractivity contribution in [2.24, 2.45) is 0 Å². The highest BCUT2D eigenvalue weighted by atomic mass is 19.1. The van der Waals surface area contributed by atoms with E-state index < -0.39 is 23.8 Å². The summed E-state index contributed by atoms with van der Waals surface area (Å²) in [7, 11) is 0. The van der Waals surface area contributed by atoms with Crippen LogP contribution < -0.4 is 5.32 Å². The van der Waals surface area contributed by atoms with Gasteiger partial charge in [-0.25, -0.2) is 9.07 Å². The van der Waals surface area contributed by atoms with E-state index in [2.05, 4.69) is 10.4 Å². The van der Waals surface area contributed by atoms with Crippen LogP contribution in [0.5, 0.6) is 0 Å². The van der Waals surface area contributed by atoms with Crippen LogP contribution in [0.1, 0.15) is 23.9 Å². The van der Waals surface area contributed by atoms with Crippen LogP contribution in [0, 0.1) is 19.7 Å². The van der Waals surface area contributed by atoms with Gasteiger partial charge in [-0.3, -0.25) is 9.59 Å². The van der Waals surface area contributed by atoms with E-state index in [0.717, 1.165) is 16.9 Å². The van der Waals surface area contributed by atoms with Crippen LogP contribution in [0.2, 0.25) is 0 Å². The first-order chi connectivity index (χ1) is 13.9. The SMILES string of the molecule is Cc1nn(-c2ccccc2)c(C)c1CC(=O)O[C@H](C)C(=O)Nc1ccccc1F. The van der Waals surface area contributed by atoms with Crippen molar-refractivity contribution in [2.75, 3.05) is 5.32 Å². The van der Waals surface area contributed by atoms with E-state index in [-0.39, 0.29) is 12.1 Å². The van der Waals surface area contributed by atoms with Crippen LogP contribution in [0.3, 0.4) is 0 Å². The number of hydrogen-bond acceptors (Lipinski definition) is 4. The monoisotopic (exact) mass is 395 g/mol. The summed E-state index contributed by atoms with van der Waals surface area (Å²) in [5.41, 5.74) is 3.23. The number of ether oxygens (including phenoxy) is 1. The maximum Gasteiger partial charge on any atom is 0.311 e. The molecule has 1 atom stereocenters. The Bertz CT molecular complexity index is 1030. The molecule has 0 aliphatic rings. The van der Waals surface area contributed by atoms with Gasteiger partial charge in [0.15, 0.2) is 6.10 Å². The number of aryl methyl sites for hydroxylation is 1. The van der Waals surface area contributed by atoms with Gasteiger partial charge in [-0.1, -0.05) is 30.3 Å². The highest BCUT2D eigenvalue weighted by Gasteiger charge is 2.22. The van der Waals surface area contributed by atoms with Gasteiger partial charge in [0.05, 0.1) is 23.5 Å². The Kier molecular flexibility index (Phi) is 6.07. The topological polar surface area (TPSA) is 73.2 Å². The van der Waals surface area contributed by atoms with Gasteiger partial charge in [0.25, 0.3) is 5.91 Å². The summed E-state index contributed by atoms with van der Waals surface area (Å²) < 4.78 is 20.7. The summed E-state index contributed by atoms with van der Waals surface area (Å²) in [4.78, 5) is 24.6. The highest BCUT2D eigenvalue weighted by Crippen LogP contribution is 2.19. The van der Waals surface area contributed by atoms with E-state index in [4.69, 9.17) is 4.74 Å². The summed E-state index contributed by atoms with van der Waals surface area (Å²) in [5.74, 6) is -1.71. The molecule has 0 spiro atoms. The number of nitrogens with one attached hydrogen (secondary N) is 1. The third-order valence-corrected chi connectivity index (χ3v) is 4.57. The van der Waals surface area contributed by atoms with Crippen LogP contribution in [0.25, 0.3) is 5.69 Å². The molecule has 29 heavy (non-hydrogen) atoms. The van der Waals surface area contributed by atoms with Gasteiger partial charge in [0, 0.05) is 11.3 Å². The summed E-state index contributed by atoms with van der Waals surface area (Å²) in [5, 5.41) is 6.92. The fraction of sp³-hybridized carbons (Fsp3) is 0.227. The van der Waals surface area contributed by atoms with Crippen molar-refractivity contribution in [3.05, 3.63) is 77.4 Å². The average molecular weight is 395 g/mol. The van der Waals surface area contributed by atoms with Crippen LogP contribution in [0.15, 0.2) is 54.6 Å². The molecule has 0 unspecified atom stereocenters. The molecule has 1 heterocycles. The number of amides is 1. The van der Waals surface area contributed by atoms with E-state index in [1.54, 1.807) is 10.7 Å². The molecule has 1 N–H and O–H groups in total. The number of rotatable bonds is 6. The number of esters is 1. The van der Waals surface area contributed by atoms with Gasteiger partial charge < -0.3 is 10.1 Å². The number of para-hydroxylation sites is 2. The molecule has 2 aromatic carbocycles. The first-order valence-corrected chi connectivity index (χ1v) is 9.22. The predicted octanol–water partition coefficient (Wildman–Crippen LogP) is 3.74. The van der Waals surface area contributed by atoms with Crippen LogP contribution in [-0.2, 0) is 20.7 Å². The van der Waals surface area contributed by atoms with Crippen molar-refractivity contribution in [3.8, 4) is 5.69 Å². The highest BCUT2D eigenvalue weighted by molar-refractivity contribution is 5.95. The van der Waals surface area contributed by atoms with E-state index in [0.29, 0.717) is 5.69 Å². The lowest BCUT2D eigenvalue weighted by molar-refractivity contribution is -0.152. The Morgan fingerprint density at radius 2 is 1.76 bits per heavy atom. The minimum atomic E-state index is -1.06. The molecule has 0 aliphatic heterocycles. The Balaban J connectivity index is 1.65. The zero-order chi connectivity index (χ0) is 21.0. The molecule has 1 amide bonds. The second-order valence-corrected chi connectivity index (χ2v) is 6.67. The molecule has 0 aliphatic carbocycles. The standard InChI is InChI=1S/C22H22FN3O3/c1-14-18(15(2)26(25-14)17-9-5-4-6-10-17)13-21(27)29-16(3)22(28)24-20-12-8-7-11-19(20)23/h4-12,16H,13H2,1-3H3,(H,24,28)/t16-/m1/s1. The first kappa shape index (κ1) is 20.3. The average Bonchev–Trinajstić information content (AvgIpc) is 2.98. The van der Waals surface area contributed by atoms with Gasteiger partial charge in [0.2, 0.25) is 0 Å². The Hall–Kier alpha value is -3.48. The molecule has 6 nitrogen and oxygen atoms in total. The lowest BCUT2D eigenvalue weighted by Gasteiger charge is -2.14. The summed E-state index contributed by atoms with van der Waals surface area (Å²) in [6, 6.07) is 15.4. The Morgan fingerprint density at radius 1 is 1.10 bits per heavy atom. The third kappa shape index (κ3) is 4.68. The number of carbonyl (C=O) groups excluding carboxylic acids is 2. The minimum Gasteiger partial charge on any atom is -0.452 e. The smallest absolute Gasteiger partial charge is 0.311 e. The van der Waals surface area contributed by atoms with Gasteiger partial charge in [-0.15, -0.1) is 0 Å². The van der Waals surface area contributed by atoms with Crippen LogP contribution >= 0.6 is 0 Å². The lowest BCUT2D eigenvalue weighted by Crippen LogP contribution is -2.30. The van der Waals surface area contributed by atoms with Crippen LogP contribution in [-0.4, -0.2) is 27.8 Å². The lowest BCUT2D eigenvalue weighted by atomic mass is 10.1. The summed E-state index contributed by atoms with van der Waals surface area (Å²) in [6.45, 7) is 5.15. The fourth-order valence-electron chi connectivity index (χ4n) is 2.99. The molecule has 7 heteroatoms. The molecule has 0 saturated carbocycles. The molecule has 150 valence electrons. The number of anilines is 1. The quantitative estimate of drug-likeness (QED) is 0.646. The molecular weight excluding hydrogens is 373 g/mol. The number of hydrogen-bond donors (Lipinski definition) is 1. The zero-order valence-electron chi connectivity index (χ0n) is 16.5. The zero-order valence-corrected chi connectivity index (χ0v) is 16.5. The first-order valence-electron chi connectivity index (χ1n) is 9.22. The maximum absolute atomic E-state index is 13.7. The second-order valence-electron chi connectivity index (χ2n) is 6.67. The van der Waals surface area contributed by atoms with Gasteiger partial charge in [0.1, 0.15) is 5.82 Å². The number of halogens is 1. The number of carbonyl (C=O) groups is 2. The van der Waals surface area contributed by atoms with E-state index >= 15 is 0 Å². The van der Waals surface area contributed by atoms with Crippen molar-refractivity contribution in [2.45, 2.75) is 33.3 Å². The molecule has 0 saturated heterocycles. The van der Waals surface area contributed by atoms with E-state index in [9.17, 15) is 14.0 Å². The van der Waals surface area contributed by atoms with Crippen molar-refractivity contribution < 1.29 is 18.7 Å². The second kappa shape index (κ2) is 8.68. The van der Waals surface area contributed by atoms with Crippen molar-refractivity contribution in [1.82, 2.24) is 9.78 Å². The molecule has 3 aromatic rings. The number of benzene rings is 2. The predicted molar refractivity (Wildman–Crippen MR) is 107 cm³/mol. The van der Waals surface area contributed by atoms with Gasteiger partial charge >= 0.3 is 5.97 Å². The number of aromatic nitrogens is 2. The van der Waals surface area contributed by atoms with E-state index in [1.165, 1.54) is 25.1 Å². The van der Waals surface area contributed by atoms with E-state index in [1.807, 2.05) is 44.2 Å². The normalized spacial score (nSPS) is 11.7. The Morgan fingerprint density at radius 3 is 2.45 bits per heavy atom. The third-order valence-electron chi connectivity index (χ3n) is 4.57. The minimum absolute atomic E-state index is 0.0121. The fourth-order valence-corrected chi connectivity index (χ4v) is 2.99. The number of nitrogens with zero attached hydrogens (tertiary/aromatic N) is 2. The summed E-state index contributed by atoms with van der Waals surface area (Å²) >= 11 is 0. The molecule has 0 fully saturated rings. The largest absolute Gasteiger partial charge is 0.452 e. The van der Waals surface area contributed by atoms with Crippen molar-refractivity contribution in [3.63, 3.8) is 0 Å². The molecular formula is C22H22FN3O3.